The molecule has 0 fully saturated rings. The van der Waals surface area contributed by atoms with Crippen molar-refractivity contribution in [2.45, 2.75) is 6.92 Å². The Morgan fingerprint density at radius 3 is 2.88 bits per heavy atom. The Morgan fingerprint density at radius 2 is 2.19 bits per heavy atom. The number of carbonyl (C=O) groups excluding carboxylic acids is 1. The van der Waals surface area contributed by atoms with Crippen LogP contribution in [0.25, 0.3) is 0 Å². The number of furan rings is 1. The highest BCUT2D eigenvalue weighted by Gasteiger charge is 2.06. The van der Waals surface area contributed by atoms with Gasteiger partial charge in [-0.1, -0.05) is 6.07 Å². The van der Waals surface area contributed by atoms with Crippen molar-refractivity contribution in [1.82, 2.24) is 4.98 Å². The maximum Gasteiger partial charge on any atom is 0.327 e. The molecule has 0 radical (unpaired) electrons. The average molecular weight is 217 g/mol. The highest BCUT2D eigenvalue weighted by molar-refractivity contribution is 5.98. The van der Waals surface area contributed by atoms with Gasteiger partial charge in [-0.25, -0.2) is 9.78 Å². The summed E-state index contributed by atoms with van der Waals surface area (Å²) in [7, 11) is 0. The van der Waals surface area contributed by atoms with Gasteiger partial charge in [0.2, 0.25) is 5.88 Å². The van der Waals surface area contributed by atoms with Gasteiger partial charge in [0.25, 0.3) is 0 Å². The Bertz CT molecular complexity index is 480. The van der Waals surface area contributed by atoms with Crippen molar-refractivity contribution in [3.05, 3.63) is 42.3 Å². The summed E-state index contributed by atoms with van der Waals surface area (Å²) in [6.45, 7) is 1.87. The second-order valence-corrected chi connectivity index (χ2v) is 3.23. The third kappa shape index (κ3) is 2.38. The molecule has 0 aliphatic carbocycles. The Morgan fingerprint density at radius 1 is 1.31 bits per heavy atom. The van der Waals surface area contributed by atoms with Crippen molar-refractivity contribution in [2.75, 3.05) is 10.6 Å². The first-order valence-electron chi connectivity index (χ1n) is 4.79. The molecule has 0 saturated heterocycles. The molecule has 2 amide bonds. The zero-order valence-electron chi connectivity index (χ0n) is 8.73. The maximum absolute atomic E-state index is 11.5. The Balaban J connectivity index is 2.00. The Hall–Kier alpha value is -2.30. The zero-order valence-corrected chi connectivity index (χ0v) is 8.73. The van der Waals surface area contributed by atoms with Gasteiger partial charge < -0.3 is 4.42 Å². The summed E-state index contributed by atoms with van der Waals surface area (Å²) in [6.07, 6.45) is 3.11. The molecule has 0 aliphatic heterocycles. The van der Waals surface area contributed by atoms with Crippen molar-refractivity contribution in [3.8, 4) is 0 Å². The van der Waals surface area contributed by atoms with E-state index in [9.17, 15) is 4.79 Å². The molecule has 2 aromatic rings. The molecule has 0 atom stereocenters. The first kappa shape index (κ1) is 10.2. The van der Waals surface area contributed by atoms with Crippen LogP contribution in [0.15, 0.2) is 41.1 Å². The van der Waals surface area contributed by atoms with E-state index in [0.29, 0.717) is 11.7 Å². The molecule has 82 valence electrons. The highest BCUT2D eigenvalue weighted by atomic mass is 16.3. The second-order valence-electron chi connectivity index (χ2n) is 3.23. The third-order valence-corrected chi connectivity index (χ3v) is 2.00. The van der Waals surface area contributed by atoms with E-state index in [-0.39, 0.29) is 6.03 Å². The Labute approximate surface area is 92.5 Å². The Kier molecular flexibility index (Phi) is 2.86. The smallest absolute Gasteiger partial charge is 0.327 e. The van der Waals surface area contributed by atoms with Crippen LogP contribution in [0.4, 0.5) is 16.5 Å². The van der Waals surface area contributed by atoms with Gasteiger partial charge in [0.05, 0.1) is 6.26 Å². The molecule has 5 nitrogen and oxygen atoms in total. The SMILES string of the molecule is Cc1cccnc1NC(=O)Nc1ccco1. The number of rotatable bonds is 2. The van der Waals surface area contributed by atoms with Gasteiger partial charge in [0.15, 0.2) is 0 Å². The second kappa shape index (κ2) is 4.48. The largest absolute Gasteiger partial charge is 0.449 e. The fourth-order valence-electron chi connectivity index (χ4n) is 1.22. The minimum atomic E-state index is -0.378. The van der Waals surface area contributed by atoms with Crippen LogP contribution in [0.1, 0.15) is 5.56 Å². The van der Waals surface area contributed by atoms with Crippen molar-refractivity contribution in [3.63, 3.8) is 0 Å². The van der Waals surface area contributed by atoms with E-state index in [0.717, 1.165) is 5.56 Å². The summed E-state index contributed by atoms with van der Waals surface area (Å²) in [5.74, 6) is 0.928. The summed E-state index contributed by atoms with van der Waals surface area (Å²) in [6, 6.07) is 6.66. The topological polar surface area (TPSA) is 67.2 Å². The molecule has 0 spiro atoms. The number of aryl methyl sites for hydroxylation is 1. The summed E-state index contributed by atoms with van der Waals surface area (Å²) in [4.78, 5) is 15.6. The predicted octanol–water partition coefficient (Wildman–Crippen LogP) is 2.63. The molecule has 2 rings (SSSR count). The van der Waals surface area contributed by atoms with Gasteiger partial charge in [-0.05, 0) is 24.6 Å². The maximum atomic E-state index is 11.5. The fraction of sp³-hybridized carbons (Fsp3) is 0.0909. The van der Waals surface area contributed by atoms with Crippen LogP contribution in [0, 0.1) is 6.92 Å². The number of nitrogens with one attached hydrogen (secondary N) is 2. The van der Waals surface area contributed by atoms with Gasteiger partial charge in [-0.15, -0.1) is 0 Å². The van der Waals surface area contributed by atoms with E-state index in [1.54, 1.807) is 18.3 Å². The molecule has 2 N–H and O–H groups in total. The lowest BCUT2D eigenvalue weighted by Crippen LogP contribution is -2.20. The number of urea groups is 1. The lowest BCUT2D eigenvalue weighted by atomic mass is 10.3. The standard InChI is InChI=1S/C11H11N3O2/c1-8-4-2-6-12-10(8)14-11(15)13-9-5-3-7-16-9/h2-7H,1H3,(H2,12,13,14,15). The first-order valence-corrected chi connectivity index (χ1v) is 4.79. The zero-order chi connectivity index (χ0) is 11.4. The molecule has 0 saturated carbocycles. The van der Waals surface area contributed by atoms with Crippen molar-refractivity contribution in [1.29, 1.82) is 0 Å². The van der Waals surface area contributed by atoms with Crippen molar-refractivity contribution >= 4 is 17.7 Å². The average Bonchev–Trinajstić information content (AvgIpc) is 2.74. The van der Waals surface area contributed by atoms with Gasteiger partial charge >= 0.3 is 6.03 Å². The monoisotopic (exact) mass is 217 g/mol. The van der Waals surface area contributed by atoms with Gasteiger partial charge in [-0.3, -0.25) is 10.6 Å². The number of aromatic nitrogens is 1. The molecule has 0 aromatic carbocycles. The van der Waals surface area contributed by atoms with Gasteiger partial charge in [-0.2, -0.15) is 0 Å². The number of hydrogen-bond acceptors (Lipinski definition) is 3. The van der Waals surface area contributed by atoms with E-state index >= 15 is 0 Å². The minimum Gasteiger partial charge on any atom is -0.449 e. The summed E-state index contributed by atoms with van der Waals surface area (Å²) in [5.41, 5.74) is 0.900. The molecule has 2 heterocycles. The van der Waals surface area contributed by atoms with Crippen molar-refractivity contribution in [2.24, 2.45) is 0 Å². The lowest BCUT2D eigenvalue weighted by Gasteiger charge is -2.06. The lowest BCUT2D eigenvalue weighted by molar-refractivity contribution is 0.261. The van der Waals surface area contributed by atoms with Crippen LogP contribution in [-0.2, 0) is 0 Å². The third-order valence-electron chi connectivity index (χ3n) is 2.00. The van der Waals surface area contributed by atoms with E-state index < -0.39 is 0 Å². The van der Waals surface area contributed by atoms with Crippen LogP contribution in [-0.4, -0.2) is 11.0 Å². The number of hydrogen-bond donors (Lipinski definition) is 2. The molecular formula is C11H11N3O2. The van der Waals surface area contributed by atoms with E-state index in [2.05, 4.69) is 15.6 Å². The van der Waals surface area contributed by atoms with Gasteiger partial charge in [0.1, 0.15) is 5.82 Å². The molecule has 0 unspecified atom stereocenters. The molecule has 0 aliphatic rings. The van der Waals surface area contributed by atoms with Gasteiger partial charge in [0, 0.05) is 12.3 Å². The van der Waals surface area contributed by atoms with Crippen LogP contribution in [0.2, 0.25) is 0 Å². The minimum absolute atomic E-state index is 0.378. The van der Waals surface area contributed by atoms with E-state index in [1.165, 1.54) is 6.26 Å². The number of pyridine rings is 1. The van der Waals surface area contributed by atoms with Crippen LogP contribution < -0.4 is 10.6 Å². The van der Waals surface area contributed by atoms with E-state index in [4.69, 9.17) is 4.42 Å². The summed E-state index contributed by atoms with van der Waals surface area (Å²) < 4.78 is 4.98. The number of anilines is 2. The number of amides is 2. The molecule has 2 aromatic heterocycles. The normalized spacial score (nSPS) is 9.81. The summed E-state index contributed by atoms with van der Waals surface area (Å²) >= 11 is 0. The molecule has 5 heteroatoms. The van der Waals surface area contributed by atoms with Crippen molar-refractivity contribution < 1.29 is 9.21 Å². The quantitative estimate of drug-likeness (QED) is 0.812. The predicted molar refractivity (Wildman–Crippen MR) is 60.3 cm³/mol. The fourth-order valence-corrected chi connectivity index (χ4v) is 1.22. The molecule has 16 heavy (non-hydrogen) atoms. The number of nitrogens with zero attached hydrogens (tertiary/aromatic N) is 1. The van der Waals surface area contributed by atoms with Crippen LogP contribution in [0.5, 0.6) is 0 Å². The van der Waals surface area contributed by atoms with Crippen LogP contribution in [0.3, 0.4) is 0 Å². The number of carbonyl (C=O) groups is 1. The molecular weight excluding hydrogens is 206 g/mol. The van der Waals surface area contributed by atoms with Crippen LogP contribution >= 0.6 is 0 Å². The highest BCUT2D eigenvalue weighted by Crippen LogP contribution is 2.11. The summed E-state index contributed by atoms with van der Waals surface area (Å²) in [5, 5.41) is 5.17. The van der Waals surface area contributed by atoms with E-state index in [1.807, 2.05) is 19.1 Å². The molecule has 0 bridgehead atoms. The first-order chi connectivity index (χ1) is 7.75.